The van der Waals surface area contributed by atoms with Crippen LogP contribution in [-0.2, 0) is 19.2 Å². The van der Waals surface area contributed by atoms with Crippen molar-refractivity contribution in [2.45, 2.75) is 123 Å². The molecule has 8 aliphatic carbocycles. The van der Waals surface area contributed by atoms with Crippen LogP contribution in [0.3, 0.4) is 0 Å². The van der Waals surface area contributed by atoms with E-state index in [-0.39, 0.29) is 54.8 Å². The fourth-order valence-electron chi connectivity index (χ4n) is 11.4. The summed E-state index contributed by atoms with van der Waals surface area (Å²) < 4.78 is 0. The molecule has 11 atom stereocenters. The Bertz CT molecular complexity index is 1260. The molecule has 0 amide bonds. The molecule has 0 heterocycles. The molecule has 8 aliphatic rings. The van der Waals surface area contributed by atoms with Gasteiger partial charge in [-0.25, -0.2) is 0 Å². The summed E-state index contributed by atoms with van der Waals surface area (Å²) in [4.78, 5) is 42.6. The Labute approximate surface area is 304 Å². The van der Waals surface area contributed by atoms with Crippen LogP contribution in [-0.4, -0.2) is 70.5 Å². The Morgan fingerprint density at radius 1 is 0.471 bits per heavy atom. The van der Waals surface area contributed by atoms with E-state index in [0.717, 1.165) is 74.0 Å². The molecule has 0 aliphatic heterocycles. The highest BCUT2D eigenvalue weighted by Gasteiger charge is 2.58. The smallest absolute Gasteiger partial charge is 0.303 e. The zero-order chi connectivity index (χ0) is 36.5. The molecule has 8 fully saturated rings. The average Bonchev–Trinajstić information content (AvgIpc) is 3.91. The minimum Gasteiger partial charge on any atom is -0.481 e. The lowest BCUT2D eigenvalue weighted by Gasteiger charge is -2.34. The number of hydrogen-bond acceptors (Lipinski definition) is 8. The lowest BCUT2D eigenvalue weighted by Crippen LogP contribution is -2.37. The van der Waals surface area contributed by atoms with Crippen LogP contribution in [0, 0.1) is 69.0 Å². The molecule has 0 radical (unpaired) electrons. The number of carbonyl (C=O) groups is 4. The normalized spacial score (nSPS) is 42.4. The van der Waals surface area contributed by atoms with E-state index in [1.807, 2.05) is 0 Å². The van der Waals surface area contributed by atoms with E-state index in [1.165, 1.54) is 51.4 Å². The van der Waals surface area contributed by atoms with Gasteiger partial charge in [0.1, 0.15) is 0 Å². The van der Waals surface area contributed by atoms with Gasteiger partial charge in [0, 0.05) is 0 Å². The maximum atomic E-state index is 10.7. The zero-order valence-electron chi connectivity index (χ0n) is 29.9. The molecule has 11 unspecified atom stereocenters. The number of carboxylic acid groups (broad SMARTS) is 4. The predicted molar refractivity (Wildman–Crippen MR) is 194 cm³/mol. The highest BCUT2D eigenvalue weighted by molar-refractivity contribution is 5.69. The summed E-state index contributed by atoms with van der Waals surface area (Å²) in [6, 6.07) is 0. The molecule has 0 saturated heterocycles. The molecule has 0 aromatic rings. The van der Waals surface area contributed by atoms with Crippen molar-refractivity contribution in [3.8, 4) is 0 Å². The maximum Gasteiger partial charge on any atom is 0.303 e. The molecule has 51 heavy (non-hydrogen) atoms. The SMILES string of the molecule is C.NCC1(CC(=O)O)CC2CC2C1.NCC1(CC(=O)O)CCC2CC21.NCC1(CC(=O)O)CCC2CC2C1.NCC1(CC(=O)O)CCCC2CC21. The first kappa shape index (κ1) is 41.5. The Morgan fingerprint density at radius 2 is 0.882 bits per heavy atom. The Hall–Kier alpha value is -2.28. The van der Waals surface area contributed by atoms with E-state index in [4.69, 9.17) is 43.4 Å². The standard InChI is InChI=1S/2C10H17NO2.2C9H15NO2.CH4/c11-6-10(5-9(12)13)2-1-7-3-8(7)4-10;11-6-10(5-9(12)13)3-1-2-7-4-8(7)10;10-5-9(4-8(11)12)2-6-1-7(6)3-9;10-5-9(4-8(11)12)2-1-6-3-7(6)9;/h2*7-8H,1-6,11H2,(H,12,13);2*6-7H,1-5,10H2,(H,11,12);1H4. The second-order valence-corrected chi connectivity index (χ2v) is 18.1. The second-order valence-electron chi connectivity index (χ2n) is 18.1. The highest BCUT2D eigenvalue weighted by Crippen LogP contribution is 2.63. The van der Waals surface area contributed by atoms with Crippen molar-refractivity contribution >= 4 is 23.9 Å². The lowest BCUT2D eigenvalue weighted by molar-refractivity contribution is -0.141. The third kappa shape index (κ3) is 10.0. The van der Waals surface area contributed by atoms with Crippen LogP contribution in [0.2, 0.25) is 0 Å². The van der Waals surface area contributed by atoms with Crippen LogP contribution >= 0.6 is 0 Å². The summed E-state index contributed by atoms with van der Waals surface area (Å²) >= 11 is 0. The van der Waals surface area contributed by atoms with E-state index >= 15 is 0 Å². The van der Waals surface area contributed by atoms with Crippen molar-refractivity contribution in [3.63, 3.8) is 0 Å². The first-order chi connectivity index (χ1) is 23.7. The summed E-state index contributed by atoms with van der Waals surface area (Å²) in [6.45, 7) is 2.20. The zero-order valence-corrected chi connectivity index (χ0v) is 29.9. The van der Waals surface area contributed by atoms with Gasteiger partial charge in [0.05, 0.1) is 25.7 Å². The first-order valence-corrected chi connectivity index (χ1v) is 19.3. The summed E-state index contributed by atoms with van der Waals surface area (Å²) in [6.07, 6.45) is 17.3. The minimum atomic E-state index is -0.693. The average molecular weight is 721 g/mol. The van der Waals surface area contributed by atoms with E-state index < -0.39 is 23.9 Å². The summed E-state index contributed by atoms with van der Waals surface area (Å²) in [5, 5.41) is 35.1. The fourth-order valence-corrected chi connectivity index (χ4v) is 11.4. The second kappa shape index (κ2) is 16.4. The van der Waals surface area contributed by atoms with Gasteiger partial charge < -0.3 is 43.4 Å². The topological polar surface area (TPSA) is 253 Å². The van der Waals surface area contributed by atoms with Gasteiger partial charge >= 0.3 is 23.9 Å². The van der Waals surface area contributed by atoms with Crippen LogP contribution in [0.15, 0.2) is 0 Å². The molecule has 292 valence electrons. The van der Waals surface area contributed by atoms with Crippen LogP contribution in [0.25, 0.3) is 0 Å². The molecule has 0 aromatic heterocycles. The molecular weight excluding hydrogens is 652 g/mol. The van der Waals surface area contributed by atoms with Gasteiger partial charge in [-0.15, -0.1) is 0 Å². The highest BCUT2D eigenvalue weighted by atomic mass is 16.4. The van der Waals surface area contributed by atoms with Crippen LogP contribution in [0.5, 0.6) is 0 Å². The van der Waals surface area contributed by atoms with Crippen LogP contribution < -0.4 is 22.9 Å². The lowest BCUT2D eigenvalue weighted by atomic mass is 9.71. The van der Waals surface area contributed by atoms with Gasteiger partial charge in [0.25, 0.3) is 0 Å². The molecule has 8 rings (SSSR count). The van der Waals surface area contributed by atoms with Crippen molar-refractivity contribution in [2.24, 2.45) is 91.9 Å². The minimum absolute atomic E-state index is 0. The number of fused-ring (bicyclic) bond motifs is 4. The number of aliphatic carboxylic acids is 4. The number of rotatable bonds is 12. The Morgan fingerprint density at radius 3 is 1.29 bits per heavy atom. The van der Waals surface area contributed by atoms with Crippen molar-refractivity contribution in [1.29, 1.82) is 0 Å². The molecule has 8 saturated carbocycles. The summed E-state index contributed by atoms with van der Waals surface area (Å²) in [5.41, 5.74) is 22.6. The first-order valence-electron chi connectivity index (χ1n) is 19.3. The Balaban J connectivity index is 0.000000152. The molecule has 0 aromatic carbocycles. The van der Waals surface area contributed by atoms with E-state index in [2.05, 4.69) is 0 Å². The van der Waals surface area contributed by atoms with Gasteiger partial charge in [-0.1, -0.05) is 20.3 Å². The molecule has 12 nitrogen and oxygen atoms in total. The number of carboxylic acids is 4. The number of nitrogens with two attached hydrogens (primary N) is 4. The van der Waals surface area contributed by atoms with Gasteiger partial charge in [0.2, 0.25) is 0 Å². The van der Waals surface area contributed by atoms with E-state index in [1.54, 1.807) is 0 Å². The van der Waals surface area contributed by atoms with Gasteiger partial charge in [-0.05, 0) is 172 Å². The van der Waals surface area contributed by atoms with Crippen LogP contribution in [0.1, 0.15) is 123 Å². The fraction of sp³-hybridized carbons (Fsp3) is 0.897. The van der Waals surface area contributed by atoms with Crippen molar-refractivity contribution in [3.05, 3.63) is 0 Å². The molecule has 0 bridgehead atoms. The molecule has 12 N–H and O–H groups in total. The third-order valence-electron chi connectivity index (χ3n) is 14.7. The van der Waals surface area contributed by atoms with Crippen LogP contribution in [0.4, 0.5) is 0 Å². The Kier molecular flexibility index (Phi) is 13.3. The van der Waals surface area contributed by atoms with E-state index in [0.29, 0.717) is 38.0 Å². The van der Waals surface area contributed by atoms with E-state index in [9.17, 15) is 19.2 Å². The number of hydrogen-bond donors (Lipinski definition) is 8. The van der Waals surface area contributed by atoms with Crippen molar-refractivity contribution in [2.75, 3.05) is 26.2 Å². The monoisotopic (exact) mass is 721 g/mol. The van der Waals surface area contributed by atoms with Gasteiger partial charge in [0.15, 0.2) is 0 Å². The summed E-state index contributed by atoms with van der Waals surface area (Å²) in [7, 11) is 0. The van der Waals surface area contributed by atoms with Crippen molar-refractivity contribution in [1.82, 2.24) is 0 Å². The largest absolute Gasteiger partial charge is 0.481 e. The van der Waals surface area contributed by atoms with Gasteiger partial charge in [-0.2, -0.15) is 0 Å². The molecular formula is C39H68N4O8. The maximum absolute atomic E-state index is 10.7. The molecule has 0 spiro atoms. The summed E-state index contributed by atoms with van der Waals surface area (Å²) in [5.74, 6) is 3.47. The van der Waals surface area contributed by atoms with Gasteiger partial charge in [-0.3, -0.25) is 19.2 Å². The quantitative estimate of drug-likeness (QED) is 0.136. The van der Waals surface area contributed by atoms with Crippen molar-refractivity contribution < 1.29 is 39.6 Å². The molecule has 12 heteroatoms. The predicted octanol–water partition coefficient (Wildman–Crippen LogP) is 4.76. The third-order valence-corrected chi connectivity index (χ3v) is 14.7.